The maximum Gasteiger partial charge on any atom is 0.256 e. The molecule has 1 unspecified atom stereocenters. The number of hydrogen-bond acceptors (Lipinski definition) is 6. The molecular formula is C16H15Cl2N5OS. The number of halogens is 2. The molecule has 1 amide bonds. The number of thioether (sulfide) groups is 1. The van der Waals surface area contributed by atoms with E-state index in [4.69, 9.17) is 28.9 Å². The van der Waals surface area contributed by atoms with Gasteiger partial charge in [-0.05, 0) is 25.5 Å². The van der Waals surface area contributed by atoms with E-state index < -0.39 is 5.91 Å². The number of para-hydroxylation sites is 1. The number of nitrogens with two attached hydrogens (primary N) is 1. The lowest BCUT2D eigenvalue weighted by molar-refractivity contribution is -0.113. The van der Waals surface area contributed by atoms with Gasteiger partial charge in [0.2, 0.25) is 0 Å². The van der Waals surface area contributed by atoms with E-state index in [0.29, 0.717) is 26.7 Å². The van der Waals surface area contributed by atoms with Crippen molar-refractivity contribution in [2.75, 3.05) is 10.2 Å². The lowest BCUT2D eigenvalue weighted by Crippen LogP contribution is -2.32. The van der Waals surface area contributed by atoms with Crippen molar-refractivity contribution < 1.29 is 4.79 Å². The average Bonchev–Trinajstić information content (AvgIpc) is 2.90. The van der Waals surface area contributed by atoms with Gasteiger partial charge in [0.1, 0.15) is 16.8 Å². The lowest BCUT2D eigenvalue weighted by Gasteiger charge is -2.28. The first-order valence-electron chi connectivity index (χ1n) is 7.34. The van der Waals surface area contributed by atoms with Gasteiger partial charge in [-0.25, -0.2) is 9.97 Å². The van der Waals surface area contributed by atoms with Crippen LogP contribution in [0.2, 0.25) is 10.2 Å². The smallest absolute Gasteiger partial charge is 0.256 e. The van der Waals surface area contributed by atoms with Crippen LogP contribution in [-0.4, -0.2) is 21.4 Å². The van der Waals surface area contributed by atoms with Crippen molar-refractivity contribution in [1.82, 2.24) is 9.97 Å². The SMILES string of the molecule is Cc1nc(Cl)cc(NC2SC(C(N)=O)=CN2c2c(C)cccc2Cl)n1. The first-order valence-corrected chi connectivity index (χ1v) is 8.98. The van der Waals surface area contributed by atoms with E-state index in [1.54, 1.807) is 25.3 Å². The van der Waals surface area contributed by atoms with Crippen LogP contribution in [0.5, 0.6) is 0 Å². The summed E-state index contributed by atoms with van der Waals surface area (Å²) in [6.45, 7) is 3.70. The maximum absolute atomic E-state index is 11.7. The standard InChI is InChI=1S/C16H15Cl2N5OS/c1-8-4-3-5-10(17)14(8)23-7-11(15(19)24)25-16(23)22-13-6-12(18)20-9(2)21-13/h3-7,16H,1-2H3,(H2,19,24)(H,20,21,22). The van der Waals surface area contributed by atoms with E-state index in [1.807, 2.05) is 24.0 Å². The molecule has 1 aromatic carbocycles. The molecule has 1 aliphatic heterocycles. The Labute approximate surface area is 159 Å². The normalized spacial score (nSPS) is 16.7. The summed E-state index contributed by atoms with van der Waals surface area (Å²) >= 11 is 13.7. The van der Waals surface area contributed by atoms with Crippen molar-refractivity contribution in [1.29, 1.82) is 0 Å². The molecule has 1 atom stereocenters. The van der Waals surface area contributed by atoms with Gasteiger partial charge < -0.3 is 16.0 Å². The molecule has 3 rings (SSSR count). The molecule has 9 heteroatoms. The molecule has 0 fully saturated rings. The molecular weight excluding hydrogens is 381 g/mol. The van der Waals surface area contributed by atoms with E-state index in [-0.39, 0.29) is 5.50 Å². The minimum Gasteiger partial charge on any atom is -0.365 e. The summed E-state index contributed by atoms with van der Waals surface area (Å²) in [5.41, 5.74) is 6.87. The van der Waals surface area contributed by atoms with Crippen molar-refractivity contribution in [3.05, 3.63) is 56.9 Å². The second-order valence-electron chi connectivity index (χ2n) is 5.41. The van der Waals surface area contributed by atoms with Crippen LogP contribution < -0.4 is 16.0 Å². The van der Waals surface area contributed by atoms with Crippen LogP contribution in [0.3, 0.4) is 0 Å². The third kappa shape index (κ3) is 3.84. The number of primary amides is 1. The summed E-state index contributed by atoms with van der Waals surface area (Å²) in [6.07, 6.45) is 1.69. The van der Waals surface area contributed by atoms with Crippen molar-refractivity contribution in [3.63, 3.8) is 0 Å². The molecule has 2 aromatic rings. The fraction of sp³-hybridized carbons (Fsp3) is 0.188. The van der Waals surface area contributed by atoms with Crippen LogP contribution in [0, 0.1) is 13.8 Å². The monoisotopic (exact) mass is 395 g/mol. The van der Waals surface area contributed by atoms with Crippen LogP contribution in [0.25, 0.3) is 0 Å². The Morgan fingerprint density at radius 3 is 2.72 bits per heavy atom. The Morgan fingerprint density at radius 2 is 2.08 bits per heavy atom. The highest BCUT2D eigenvalue weighted by Gasteiger charge is 2.31. The van der Waals surface area contributed by atoms with Gasteiger partial charge in [0.25, 0.3) is 5.91 Å². The summed E-state index contributed by atoms with van der Waals surface area (Å²) in [5.74, 6) is 0.589. The van der Waals surface area contributed by atoms with Gasteiger partial charge in [0, 0.05) is 12.3 Å². The number of anilines is 2. The molecule has 0 bridgehead atoms. The maximum atomic E-state index is 11.7. The highest BCUT2D eigenvalue weighted by molar-refractivity contribution is 8.05. The highest BCUT2D eigenvalue weighted by Crippen LogP contribution is 2.41. The minimum atomic E-state index is -0.499. The van der Waals surface area contributed by atoms with Gasteiger partial charge in [0.05, 0.1) is 15.6 Å². The van der Waals surface area contributed by atoms with E-state index in [0.717, 1.165) is 11.3 Å². The highest BCUT2D eigenvalue weighted by atomic mass is 35.5. The number of carbonyl (C=O) groups excluding carboxylic acids is 1. The van der Waals surface area contributed by atoms with Crippen LogP contribution in [0.15, 0.2) is 35.4 Å². The Morgan fingerprint density at radius 1 is 1.32 bits per heavy atom. The van der Waals surface area contributed by atoms with E-state index in [9.17, 15) is 4.79 Å². The molecule has 6 nitrogen and oxygen atoms in total. The predicted octanol–water partition coefficient (Wildman–Crippen LogP) is 3.68. The first-order chi connectivity index (χ1) is 11.8. The number of aryl methyl sites for hydroxylation is 2. The Kier molecular flexibility index (Phi) is 5.08. The quantitative estimate of drug-likeness (QED) is 0.768. The number of amides is 1. The van der Waals surface area contributed by atoms with Crippen molar-refractivity contribution in [3.8, 4) is 0 Å². The third-order valence-corrected chi connectivity index (χ3v) is 5.14. The molecule has 3 N–H and O–H groups in total. The number of rotatable bonds is 4. The molecule has 1 aromatic heterocycles. The number of benzene rings is 1. The van der Waals surface area contributed by atoms with E-state index in [2.05, 4.69) is 15.3 Å². The zero-order valence-corrected chi connectivity index (χ0v) is 15.8. The number of carbonyl (C=O) groups is 1. The van der Waals surface area contributed by atoms with Crippen LogP contribution in [0.4, 0.5) is 11.5 Å². The van der Waals surface area contributed by atoms with Crippen LogP contribution in [0.1, 0.15) is 11.4 Å². The van der Waals surface area contributed by atoms with E-state index >= 15 is 0 Å². The molecule has 0 saturated carbocycles. The lowest BCUT2D eigenvalue weighted by atomic mass is 10.2. The molecule has 25 heavy (non-hydrogen) atoms. The molecule has 0 radical (unpaired) electrons. The predicted molar refractivity (Wildman–Crippen MR) is 103 cm³/mol. The average molecular weight is 396 g/mol. The summed E-state index contributed by atoms with van der Waals surface area (Å²) in [7, 11) is 0. The van der Waals surface area contributed by atoms with Crippen molar-refractivity contribution in [2.45, 2.75) is 19.3 Å². The number of aromatic nitrogens is 2. The fourth-order valence-corrected chi connectivity index (χ4v) is 4.02. The van der Waals surface area contributed by atoms with Gasteiger partial charge in [-0.3, -0.25) is 4.79 Å². The largest absolute Gasteiger partial charge is 0.365 e. The second-order valence-corrected chi connectivity index (χ2v) is 7.32. The third-order valence-electron chi connectivity index (χ3n) is 3.52. The second kappa shape index (κ2) is 7.11. The van der Waals surface area contributed by atoms with Gasteiger partial charge >= 0.3 is 0 Å². The van der Waals surface area contributed by atoms with Gasteiger partial charge in [-0.1, -0.05) is 47.1 Å². The molecule has 130 valence electrons. The summed E-state index contributed by atoms with van der Waals surface area (Å²) in [5, 5.41) is 4.16. The molecule has 0 spiro atoms. The zero-order valence-electron chi connectivity index (χ0n) is 13.5. The number of nitrogens with zero attached hydrogens (tertiary/aromatic N) is 3. The van der Waals surface area contributed by atoms with Gasteiger partial charge in [0.15, 0.2) is 5.50 Å². The summed E-state index contributed by atoms with van der Waals surface area (Å²) < 4.78 is 0. The summed E-state index contributed by atoms with van der Waals surface area (Å²) in [6, 6.07) is 7.24. The van der Waals surface area contributed by atoms with Gasteiger partial charge in [-0.2, -0.15) is 0 Å². The zero-order chi connectivity index (χ0) is 18.1. The molecule has 0 saturated heterocycles. The molecule has 2 heterocycles. The van der Waals surface area contributed by atoms with Crippen molar-refractivity contribution in [2.24, 2.45) is 5.73 Å². The topological polar surface area (TPSA) is 84.1 Å². The molecule has 0 aliphatic carbocycles. The van der Waals surface area contributed by atoms with Gasteiger partial charge in [-0.15, -0.1) is 0 Å². The van der Waals surface area contributed by atoms with Crippen molar-refractivity contribution >= 4 is 52.4 Å². The Bertz CT molecular complexity index is 833. The molecule has 1 aliphatic rings. The van der Waals surface area contributed by atoms with Crippen LogP contribution in [-0.2, 0) is 4.79 Å². The number of hydrogen-bond donors (Lipinski definition) is 2. The number of nitrogens with one attached hydrogen (secondary N) is 1. The van der Waals surface area contributed by atoms with Crippen LogP contribution >= 0.6 is 35.0 Å². The van der Waals surface area contributed by atoms with E-state index in [1.165, 1.54) is 11.8 Å². The Hall–Kier alpha value is -1.96. The minimum absolute atomic E-state index is 0.335. The Balaban J connectivity index is 1.98. The first kappa shape index (κ1) is 17.8. The summed E-state index contributed by atoms with van der Waals surface area (Å²) in [4.78, 5) is 22.3. The fourth-order valence-electron chi connectivity index (χ4n) is 2.49.